The van der Waals surface area contributed by atoms with Crippen LogP contribution in [0.15, 0.2) is 36.8 Å². The van der Waals surface area contributed by atoms with Gasteiger partial charge in [-0.1, -0.05) is 0 Å². The van der Waals surface area contributed by atoms with Crippen LogP contribution in [0.3, 0.4) is 0 Å². The fourth-order valence-corrected chi connectivity index (χ4v) is 3.81. The van der Waals surface area contributed by atoms with Crippen LogP contribution in [0, 0.1) is 5.92 Å². The van der Waals surface area contributed by atoms with E-state index in [1.165, 1.54) is 16.7 Å². The lowest BCUT2D eigenvalue weighted by Gasteiger charge is -2.31. The predicted molar refractivity (Wildman–Crippen MR) is 91.1 cm³/mol. The van der Waals surface area contributed by atoms with E-state index in [1.54, 1.807) is 12.3 Å². The van der Waals surface area contributed by atoms with E-state index in [2.05, 4.69) is 15.0 Å². The van der Waals surface area contributed by atoms with Gasteiger partial charge in [0.1, 0.15) is 17.2 Å². The average molecular weight is 375 g/mol. The first kappa shape index (κ1) is 16.5. The van der Waals surface area contributed by atoms with Gasteiger partial charge in [0.05, 0.1) is 17.4 Å². The van der Waals surface area contributed by atoms with Crippen LogP contribution in [0.25, 0.3) is 17.2 Å². The average Bonchev–Trinajstić information content (AvgIpc) is 3.14. The lowest BCUT2D eigenvalue weighted by atomic mass is 10.1. The number of hydrogen-bond donors (Lipinski definition) is 1. The molecule has 9 heteroatoms. The number of aliphatic hydroxyl groups is 1. The monoisotopic (exact) mass is 375 g/mol. The van der Waals surface area contributed by atoms with Crippen LogP contribution >= 0.6 is 0 Å². The molecule has 0 spiro atoms. The molecule has 5 rings (SSSR count). The van der Waals surface area contributed by atoms with E-state index in [0.717, 1.165) is 31.6 Å². The fraction of sp³-hybridized carbons (Fsp3) is 0.389. The Morgan fingerprint density at radius 2 is 2.04 bits per heavy atom. The number of piperidine rings is 1. The van der Waals surface area contributed by atoms with Crippen LogP contribution in [-0.2, 0) is 6.18 Å². The zero-order valence-electron chi connectivity index (χ0n) is 14.2. The van der Waals surface area contributed by atoms with Gasteiger partial charge in [0, 0.05) is 25.5 Å². The third-order valence-corrected chi connectivity index (χ3v) is 5.44. The van der Waals surface area contributed by atoms with Gasteiger partial charge in [-0.15, -0.1) is 0 Å². The Balaban J connectivity index is 1.53. The number of alkyl halides is 3. The first-order valence-electron chi connectivity index (χ1n) is 8.69. The highest BCUT2D eigenvalue weighted by Crippen LogP contribution is 2.49. The molecule has 2 fully saturated rings. The minimum Gasteiger partial charge on any atom is -0.388 e. The second kappa shape index (κ2) is 5.41. The maximum Gasteiger partial charge on any atom is 0.417 e. The van der Waals surface area contributed by atoms with Crippen molar-refractivity contribution in [3.8, 4) is 11.5 Å². The molecule has 0 bridgehead atoms. The lowest BCUT2D eigenvalue weighted by molar-refractivity contribution is -0.137. The molecule has 2 unspecified atom stereocenters. The number of fused-ring (bicyclic) bond motifs is 2. The summed E-state index contributed by atoms with van der Waals surface area (Å²) >= 11 is 0. The van der Waals surface area contributed by atoms with Crippen molar-refractivity contribution in [1.29, 1.82) is 0 Å². The fourth-order valence-electron chi connectivity index (χ4n) is 3.81. The van der Waals surface area contributed by atoms with Gasteiger partial charge in [0.2, 0.25) is 0 Å². The van der Waals surface area contributed by atoms with Crippen LogP contribution in [0.4, 0.5) is 19.0 Å². The van der Waals surface area contributed by atoms with Crippen LogP contribution in [0.1, 0.15) is 18.4 Å². The number of β-amino-alcohol motifs (C(OH)–C–C–N with tert-alkyl or cyclic N) is 1. The normalized spacial score (nSPS) is 24.9. The number of imidazole rings is 1. The summed E-state index contributed by atoms with van der Waals surface area (Å²) in [6, 6.07) is 4.08. The maximum atomic E-state index is 13.0. The van der Waals surface area contributed by atoms with Gasteiger partial charge in [-0.25, -0.2) is 15.0 Å². The highest BCUT2D eigenvalue weighted by atomic mass is 19.4. The summed E-state index contributed by atoms with van der Waals surface area (Å²) in [5, 5.41) is 10.4. The van der Waals surface area contributed by atoms with E-state index in [-0.39, 0.29) is 0 Å². The van der Waals surface area contributed by atoms with E-state index in [9.17, 15) is 18.3 Å². The first-order valence-corrected chi connectivity index (χ1v) is 8.69. The number of anilines is 1. The van der Waals surface area contributed by atoms with E-state index in [4.69, 9.17) is 0 Å². The van der Waals surface area contributed by atoms with Gasteiger partial charge >= 0.3 is 6.18 Å². The van der Waals surface area contributed by atoms with Crippen molar-refractivity contribution in [2.45, 2.75) is 24.6 Å². The molecule has 3 aromatic heterocycles. The van der Waals surface area contributed by atoms with E-state index >= 15 is 0 Å². The summed E-state index contributed by atoms with van der Waals surface area (Å²) in [5.41, 5.74) is -0.615. The molecular formula is C18H16F3N5O. The molecule has 2 aliphatic rings. The Hall–Kier alpha value is -2.68. The van der Waals surface area contributed by atoms with Crippen molar-refractivity contribution >= 4 is 11.5 Å². The molecule has 0 aromatic carbocycles. The summed E-state index contributed by atoms with van der Waals surface area (Å²) in [6.07, 6.45) is 1.33. The van der Waals surface area contributed by atoms with Crippen molar-refractivity contribution in [1.82, 2.24) is 19.4 Å². The van der Waals surface area contributed by atoms with Gasteiger partial charge in [0.25, 0.3) is 0 Å². The Morgan fingerprint density at radius 1 is 1.19 bits per heavy atom. The molecule has 3 aromatic rings. The Morgan fingerprint density at radius 3 is 2.81 bits per heavy atom. The van der Waals surface area contributed by atoms with Crippen LogP contribution < -0.4 is 4.90 Å². The maximum absolute atomic E-state index is 13.0. The molecule has 2 atom stereocenters. The second-order valence-electron chi connectivity index (χ2n) is 7.24. The molecule has 4 heterocycles. The largest absolute Gasteiger partial charge is 0.417 e. The van der Waals surface area contributed by atoms with Crippen molar-refractivity contribution in [3.63, 3.8) is 0 Å². The van der Waals surface area contributed by atoms with Gasteiger partial charge in [-0.3, -0.25) is 4.40 Å². The molecule has 0 radical (unpaired) electrons. The Labute approximate surface area is 152 Å². The number of aromatic nitrogens is 4. The highest BCUT2D eigenvalue weighted by molar-refractivity contribution is 5.59. The number of halogens is 3. The van der Waals surface area contributed by atoms with Gasteiger partial charge in [-0.2, -0.15) is 13.2 Å². The smallest absolute Gasteiger partial charge is 0.388 e. The van der Waals surface area contributed by atoms with E-state index in [1.807, 2.05) is 4.90 Å². The molecule has 140 valence electrons. The molecule has 6 nitrogen and oxygen atoms in total. The summed E-state index contributed by atoms with van der Waals surface area (Å²) < 4.78 is 40.5. The molecular weight excluding hydrogens is 359 g/mol. The SMILES string of the molecule is OC12CC1CCN(c1ccnc(-c3cnc4ccc(C(F)(F)F)cn34)n1)C2. The lowest BCUT2D eigenvalue weighted by Crippen LogP contribution is -2.40. The van der Waals surface area contributed by atoms with Crippen LogP contribution in [-0.4, -0.2) is 43.1 Å². The molecule has 1 saturated heterocycles. The van der Waals surface area contributed by atoms with E-state index in [0.29, 0.717) is 35.4 Å². The second-order valence-corrected chi connectivity index (χ2v) is 7.24. The Bertz CT molecular complexity index is 1030. The third kappa shape index (κ3) is 2.73. The molecule has 27 heavy (non-hydrogen) atoms. The van der Waals surface area contributed by atoms with Gasteiger partial charge in [0.15, 0.2) is 5.82 Å². The zero-order chi connectivity index (χ0) is 18.8. The molecule has 1 N–H and O–H groups in total. The third-order valence-electron chi connectivity index (χ3n) is 5.44. The number of nitrogens with zero attached hydrogens (tertiary/aromatic N) is 5. The zero-order valence-corrected chi connectivity index (χ0v) is 14.2. The van der Waals surface area contributed by atoms with Crippen molar-refractivity contribution in [2.75, 3.05) is 18.0 Å². The molecule has 0 amide bonds. The van der Waals surface area contributed by atoms with Crippen LogP contribution in [0.2, 0.25) is 0 Å². The molecule has 1 aliphatic heterocycles. The summed E-state index contributed by atoms with van der Waals surface area (Å²) in [4.78, 5) is 14.9. The highest BCUT2D eigenvalue weighted by Gasteiger charge is 2.55. The van der Waals surface area contributed by atoms with Crippen molar-refractivity contribution in [2.24, 2.45) is 5.92 Å². The first-order chi connectivity index (χ1) is 12.8. The number of rotatable bonds is 2. The van der Waals surface area contributed by atoms with Gasteiger partial charge < -0.3 is 10.0 Å². The van der Waals surface area contributed by atoms with Crippen molar-refractivity contribution < 1.29 is 18.3 Å². The summed E-state index contributed by atoms with van der Waals surface area (Å²) in [5.74, 6) is 1.32. The van der Waals surface area contributed by atoms with Crippen molar-refractivity contribution in [3.05, 3.63) is 42.4 Å². The van der Waals surface area contributed by atoms with Gasteiger partial charge in [-0.05, 0) is 37.0 Å². The van der Waals surface area contributed by atoms with E-state index < -0.39 is 17.3 Å². The summed E-state index contributed by atoms with van der Waals surface area (Å²) in [6.45, 7) is 1.30. The topological polar surface area (TPSA) is 66.5 Å². The van der Waals surface area contributed by atoms with Crippen LogP contribution in [0.5, 0.6) is 0 Å². The quantitative estimate of drug-likeness (QED) is 0.746. The number of hydrogen-bond acceptors (Lipinski definition) is 5. The molecule has 1 saturated carbocycles. The minimum atomic E-state index is -4.44. The number of pyridine rings is 1. The summed E-state index contributed by atoms with van der Waals surface area (Å²) in [7, 11) is 0. The standard InChI is InChI=1S/C18H16F3N5O/c19-18(20,21)12-1-2-14-23-8-13(26(14)9-12)16-22-5-3-15(24-16)25-6-4-11-7-17(11,27)10-25/h1-3,5,8-9,11,27H,4,6-7,10H2. The molecule has 1 aliphatic carbocycles. The Kier molecular flexibility index (Phi) is 3.31. The predicted octanol–water partition coefficient (Wildman–Crippen LogP) is 2.77. The minimum absolute atomic E-state index is 0.296.